The SMILES string of the molecule is O=[N+]([O-])c1ccc(NCc2cccc(Cl)c2)c2nonc12. The molecule has 0 radical (unpaired) electrons. The lowest BCUT2D eigenvalue weighted by molar-refractivity contribution is -0.383. The van der Waals surface area contributed by atoms with Crippen molar-refractivity contribution in [2.75, 3.05) is 5.32 Å². The average molecular weight is 305 g/mol. The van der Waals surface area contributed by atoms with E-state index in [0.29, 0.717) is 22.8 Å². The molecule has 0 saturated carbocycles. The van der Waals surface area contributed by atoms with Crippen molar-refractivity contribution in [2.24, 2.45) is 0 Å². The van der Waals surface area contributed by atoms with Crippen LogP contribution in [-0.4, -0.2) is 15.2 Å². The molecule has 21 heavy (non-hydrogen) atoms. The standard InChI is InChI=1S/C13H9ClN4O3/c14-9-3-1-2-8(6-9)7-15-10-4-5-11(18(19)20)13-12(10)16-21-17-13/h1-6,15H,7H2. The van der Waals surface area contributed by atoms with E-state index in [1.807, 2.05) is 18.2 Å². The molecule has 0 unspecified atom stereocenters. The first-order valence-electron chi connectivity index (χ1n) is 6.03. The van der Waals surface area contributed by atoms with Crippen molar-refractivity contribution >= 4 is 34.0 Å². The van der Waals surface area contributed by atoms with Crippen molar-refractivity contribution < 1.29 is 9.55 Å². The number of aromatic nitrogens is 2. The molecule has 0 amide bonds. The Morgan fingerprint density at radius 3 is 2.81 bits per heavy atom. The van der Waals surface area contributed by atoms with Crippen LogP contribution in [0.5, 0.6) is 0 Å². The van der Waals surface area contributed by atoms with Gasteiger partial charge in [0.15, 0.2) is 5.52 Å². The summed E-state index contributed by atoms with van der Waals surface area (Å²) in [4.78, 5) is 10.4. The number of hydrogen-bond donors (Lipinski definition) is 1. The lowest BCUT2D eigenvalue weighted by atomic mass is 10.2. The van der Waals surface area contributed by atoms with E-state index in [0.717, 1.165) is 5.56 Å². The van der Waals surface area contributed by atoms with E-state index in [2.05, 4.69) is 20.3 Å². The topological polar surface area (TPSA) is 94.1 Å². The van der Waals surface area contributed by atoms with Gasteiger partial charge in [0.05, 0.1) is 10.6 Å². The molecule has 0 aliphatic rings. The maximum absolute atomic E-state index is 10.9. The first-order valence-corrected chi connectivity index (χ1v) is 6.41. The maximum Gasteiger partial charge on any atom is 0.300 e. The minimum atomic E-state index is -0.521. The van der Waals surface area contributed by atoms with Crippen LogP contribution in [-0.2, 0) is 6.54 Å². The highest BCUT2D eigenvalue weighted by molar-refractivity contribution is 6.30. The highest BCUT2D eigenvalue weighted by Crippen LogP contribution is 2.29. The molecule has 8 heteroatoms. The molecule has 1 N–H and O–H groups in total. The fourth-order valence-electron chi connectivity index (χ4n) is 1.99. The normalized spacial score (nSPS) is 10.7. The minimum absolute atomic E-state index is 0.121. The third-order valence-electron chi connectivity index (χ3n) is 2.96. The molecular weight excluding hydrogens is 296 g/mol. The Morgan fingerprint density at radius 2 is 2.05 bits per heavy atom. The summed E-state index contributed by atoms with van der Waals surface area (Å²) in [5.41, 5.74) is 1.89. The first kappa shape index (κ1) is 13.3. The Bertz CT molecular complexity index is 818. The van der Waals surface area contributed by atoms with Crippen LogP contribution >= 0.6 is 11.6 Å². The number of halogens is 1. The Kier molecular flexibility index (Phi) is 3.41. The first-order chi connectivity index (χ1) is 10.1. The lowest BCUT2D eigenvalue weighted by Crippen LogP contribution is -2.00. The fourth-order valence-corrected chi connectivity index (χ4v) is 2.20. The minimum Gasteiger partial charge on any atom is -0.379 e. The van der Waals surface area contributed by atoms with Crippen LogP contribution in [0.1, 0.15) is 5.56 Å². The van der Waals surface area contributed by atoms with Gasteiger partial charge in [-0.05, 0) is 34.1 Å². The molecule has 0 aliphatic carbocycles. The quantitative estimate of drug-likeness (QED) is 0.586. The molecule has 0 fully saturated rings. The number of hydrogen-bond acceptors (Lipinski definition) is 6. The van der Waals surface area contributed by atoms with Crippen molar-refractivity contribution in [1.29, 1.82) is 0 Å². The summed E-state index contributed by atoms with van der Waals surface area (Å²) in [5, 5.41) is 22.0. The van der Waals surface area contributed by atoms with Crippen molar-refractivity contribution in [1.82, 2.24) is 10.3 Å². The van der Waals surface area contributed by atoms with E-state index >= 15 is 0 Å². The molecule has 7 nitrogen and oxygen atoms in total. The number of fused-ring (bicyclic) bond motifs is 1. The molecule has 0 spiro atoms. The van der Waals surface area contributed by atoms with Crippen LogP contribution in [0.25, 0.3) is 11.0 Å². The van der Waals surface area contributed by atoms with Gasteiger partial charge in [0.25, 0.3) is 0 Å². The average Bonchev–Trinajstić information content (AvgIpc) is 2.94. The van der Waals surface area contributed by atoms with Crippen molar-refractivity contribution in [3.8, 4) is 0 Å². The van der Waals surface area contributed by atoms with Crippen LogP contribution < -0.4 is 5.32 Å². The largest absolute Gasteiger partial charge is 0.379 e. The predicted molar refractivity (Wildman–Crippen MR) is 77.2 cm³/mol. The Labute approximate surface area is 123 Å². The predicted octanol–water partition coefficient (Wildman–Crippen LogP) is 3.40. The second kappa shape index (κ2) is 5.37. The molecule has 0 saturated heterocycles. The van der Waals surface area contributed by atoms with Crippen LogP contribution in [0.2, 0.25) is 5.02 Å². The summed E-state index contributed by atoms with van der Waals surface area (Å²) in [6.07, 6.45) is 0. The number of nitro groups is 1. The van der Waals surface area contributed by atoms with Gasteiger partial charge in [-0.1, -0.05) is 23.7 Å². The van der Waals surface area contributed by atoms with Gasteiger partial charge in [-0.15, -0.1) is 0 Å². The summed E-state index contributed by atoms with van der Waals surface area (Å²) in [5.74, 6) is 0. The summed E-state index contributed by atoms with van der Waals surface area (Å²) < 4.78 is 4.60. The molecule has 106 valence electrons. The number of nitrogens with zero attached hydrogens (tertiary/aromatic N) is 3. The second-order valence-corrected chi connectivity index (χ2v) is 4.77. The number of benzene rings is 2. The molecule has 0 atom stereocenters. The molecule has 3 rings (SSSR count). The summed E-state index contributed by atoms with van der Waals surface area (Å²) in [7, 11) is 0. The van der Waals surface area contributed by atoms with E-state index in [9.17, 15) is 10.1 Å². The Morgan fingerprint density at radius 1 is 1.24 bits per heavy atom. The smallest absolute Gasteiger partial charge is 0.300 e. The van der Waals surface area contributed by atoms with Crippen LogP contribution in [0.3, 0.4) is 0 Å². The van der Waals surface area contributed by atoms with Crippen LogP contribution in [0, 0.1) is 10.1 Å². The number of non-ortho nitro benzene ring substituents is 1. The molecule has 1 aromatic heterocycles. The Hall–Kier alpha value is -2.67. The van der Waals surface area contributed by atoms with Gasteiger partial charge >= 0.3 is 5.69 Å². The maximum atomic E-state index is 10.9. The Balaban J connectivity index is 1.90. The summed E-state index contributed by atoms with van der Waals surface area (Å²) in [6.45, 7) is 0.500. The highest BCUT2D eigenvalue weighted by Gasteiger charge is 2.19. The van der Waals surface area contributed by atoms with Gasteiger partial charge in [-0.2, -0.15) is 0 Å². The number of nitrogens with one attached hydrogen (secondary N) is 1. The monoisotopic (exact) mass is 304 g/mol. The van der Waals surface area contributed by atoms with E-state index in [1.165, 1.54) is 6.07 Å². The molecule has 1 heterocycles. The highest BCUT2D eigenvalue weighted by atomic mass is 35.5. The van der Waals surface area contributed by atoms with Gasteiger partial charge < -0.3 is 5.32 Å². The second-order valence-electron chi connectivity index (χ2n) is 4.33. The van der Waals surface area contributed by atoms with Crippen LogP contribution in [0.15, 0.2) is 41.0 Å². The molecule has 0 aliphatic heterocycles. The third kappa shape index (κ3) is 2.63. The molecule has 2 aromatic carbocycles. The van der Waals surface area contributed by atoms with E-state index < -0.39 is 4.92 Å². The van der Waals surface area contributed by atoms with Crippen LogP contribution in [0.4, 0.5) is 11.4 Å². The van der Waals surface area contributed by atoms with E-state index in [1.54, 1.807) is 12.1 Å². The fraction of sp³-hybridized carbons (Fsp3) is 0.0769. The number of rotatable bonds is 4. The van der Waals surface area contributed by atoms with Gasteiger partial charge in [-0.3, -0.25) is 10.1 Å². The molecule has 0 bridgehead atoms. The summed E-state index contributed by atoms with van der Waals surface area (Å²) >= 11 is 5.92. The van der Waals surface area contributed by atoms with Gasteiger partial charge in [0, 0.05) is 17.6 Å². The number of anilines is 1. The third-order valence-corrected chi connectivity index (χ3v) is 3.20. The molecular formula is C13H9ClN4O3. The van der Waals surface area contributed by atoms with Gasteiger partial charge in [-0.25, -0.2) is 4.63 Å². The van der Waals surface area contributed by atoms with Crippen molar-refractivity contribution in [2.45, 2.75) is 6.54 Å². The summed E-state index contributed by atoms with van der Waals surface area (Å²) in [6, 6.07) is 10.3. The van der Waals surface area contributed by atoms with Gasteiger partial charge in [0.1, 0.15) is 0 Å². The zero-order valence-electron chi connectivity index (χ0n) is 10.6. The number of nitro benzene ring substituents is 1. The molecule has 3 aromatic rings. The van der Waals surface area contributed by atoms with Gasteiger partial charge in [0.2, 0.25) is 5.52 Å². The lowest BCUT2D eigenvalue weighted by Gasteiger charge is -2.06. The van der Waals surface area contributed by atoms with Crippen molar-refractivity contribution in [3.63, 3.8) is 0 Å². The zero-order chi connectivity index (χ0) is 14.8. The van der Waals surface area contributed by atoms with E-state index in [4.69, 9.17) is 11.6 Å². The zero-order valence-corrected chi connectivity index (χ0v) is 11.4. The van der Waals surface area contributed by atoms with Crippen molar-refractivity contribution in [3.05, 3.63) is 57.1 Å². The van der Waals surface area contributed by atoms with E-state index in [-0.39, 0.29) is 11.2 Å².